The number of hydrogen-bond donors (Lipinski definition) is 1. The van der Waals surface area contributed by atoms with Crippen LogP contribution in [0.15, 0.2) is 52.9 Å². The lowest BCUT2D eigenvalue weighted by atomic mass is 9.95. The number of rotatable bonds is 7. The van der Waals surface area contributed by atoms with Gasteiger partial charge in [-0.25, -0.2) is 13.1 Å². The van der Waals surface area contributed by atoms with Gasteiger partial charge in [-0.05, 0) is 82.6 Å². The summed E-state index contributed by atoms with van der Waals surface area (Å²) >= 11 is 0. The van der Waals surface area contributed by atoms with Gasteiger partial charge in [0.05, 0.1) is 4.90 Å². The Morgan fingerprint density at radius 2 is 1.57 bits per heavy atom. The van der Waals surface area contributed by atoms with E-state index in [1.54, 1.807) is 12.1 Å². The van der Waals surface area contributed by atoms with Crippen molar-refractivity contribution in [2.75, 3.05) is 6.54 Å². The lowest BCUT2D eigenvalue weighted by Gasteiger charge is -2.11. The van der Waals surface area contributed by atoms with Crippen molar-refractivity contribution < 1.29 is 8.42 Å². The summed E-state index contributed by atoms with van der Waals surface area (Å²) in [4.78, 5) is 0.340. The quantitative estimate of drug-likeness (QED) is 0.679. The zero-order valence-corrected chi connectivity index (χ0v) is 18.4. The number of allylic oxidation sites excluding steroid dienone is 2. The third kappa shape index (κ3) is 4.92. The fraction of sp³-hybridized carbons (Fsp3) is 0.417. The molecule has 0 aromatic heterocycles. The zero-order chi connectivity index (χ0) is 20.5. The van der Waals surface area contributed by atoms with E-state index in [-0.39, 0.29) is 0 Å². The van der Waals surface area contributed by atoms with Crippen LogP contribution in [0, 0.1) is 32.6 Å². The van der Waals surface area contributed by atoms with Gasteiger partial charge in [-0.3, -0.25) is 0 Å². The predicted octanol–water partition coefficient (Wildman–Crippen LogP) is 5.41. The Hall–Kier alpha value is -1.91. The SMILES string of the molecule is C/C(=C(/C)C1CC1CCNS(=O)(=O)c1ccc(C)cc1)c1cc(C)cc(C)c1. The second-order valence-corrected chi connectivity index (χ2v) is 10.1. The van der Waals surface area contributed by atoms with Gasteiger partial charge in [-0.1, -0.05) is 52.6 Å². The molecule has 2 unspecified atom stereocenters. The van der Waals surface area contributed by atoms with Gasteiger partial charge in [0.25, 0.3) is 0 Å². The van der Waals surface area contributed by atoms with E-state index in [0.717, 1.165) is 18.4 Å². The van der Waals surface area contributed by atoms with E-state index in [1.807, 2.05) is 19.1 Å². The van der Waals surface area contributed by atoms with E-state index in [0.29, 0.717) is 23.3 Å². The average Bonchev–Trinajstić information content (AvgIpc) is 3.39. The minimum absolute atomic E-state index is 0.340. The van der Waals surface area contributed by atoms with E-state index in [4.69, 9.17) is 0 Å². The smallest absolute Gasteiger partial charge is 0.211 e. The molecule has 2 aromatic carbocycles. The van der Waals surface area contributed by atoms with Crippen molar-refractivity contribution in [2.45, 2.75) is 52.4 Å². The molecule has 2 atom stereocenters. The van der Waals surface area contributed by atoms with Crippen molar-refractivity contribution in [1.29, 1.82) is 0 Å². The molecule has 4 heteroatoms. The summed E-state index contributed by atoms with van der Waals surface area (Å²) in [5.74, 6) is 1.14. The van der Waals surface area contributed by atoms with Crippen LogP contribution in [-0.2, 0) is 10.0 Å². The maximum Gasteiger partial charge on any atom is 0.240 e. The summed E-state index contributed by atoms with van der Waals surface area (Å²) in [5, 5.41) is 0. The molecule has 3 nitrogen and oxygen atoms in total. The molecular weight excluding hydrogens is 366 g/mol. The summed E-state index contributed by atoms with van der Waals surface area (Å²) in [7, 11) is -3.41. The largest absolute Gasteiger partial charge is 0.240 e. The summed E-state index contributed by atoms with van der Waals surface area (Å²) in [6.07, 6.45) is 2.04. The van der Waals surface area contributed by atoms with Gasteiger partial charge >= 0.3 is 0 Å². The molecule has 0 aliphatic heterocycles. The van der Waals surface area contributed by atoms with Gasteiger partial charge in [0, 0.05) is 6.54 Å². The van der Waals surface area contributed by atoms with Crippen molar-refractivity contribution in [3.05, 3.63) is 70.3 Å². The molecule has 0 saturated heterocycles. The molecule has 0 bridgehead atoms. The minimum atomic E-state index is -3.41. The number of hydrogen-bond acceptors (Lipinski definition) is 2. The lowest BCUT2D eigenvalue weighted by Crippen LogP contribution is -2.25. The van der Waals surface area contributed by atoms with E-state index in [9.17, 15) is 8.42 Å². The van der Waals surface area contributed by atoms with Crippen molar-refractivity contribution in [3.63, 3.8) is 0 Å². The topological polar surface area (TPSA) is 46.2 Å². The minimum Gasteiger partial charge on any atom is -0.211 e. The zero-order valence-electron chi connectivity index (χ0n) is 17.5. The Morgan fingerprint density at radius 3 is 2.18 bits per heavy atom. The van der Waals surface area contributed by atoms with Gasteiger partial charge in [-0.2, -0.15) is 0 Å². The number of sulfonamides is 1. The normalized spacial score (nSPS) is 20.0. The fourth-order valence-corrected chi connectivity index (χ4v) is 5.02. The number of aryl methyl sites for hydroxylation is 3. The van der Waals surface area contributed by atoms with Crippen molar-refractivity contribution in [1.82, 2.24) is 4.72 Å². The molecule has 1 saturated carbocycles. The summed E-state index contributed by atoms with van der Waals surface area (Å²) in [6, 6.07) is 13.7. The highest BCUT2D eigenvalue weighted by molar-refractivity contribution is 7.89. The molecule has 28 heavy (non-hydrogen) atoms. The molecule has 1 aliphatic rings. The molecule has 1 aliphatic carbocycles. The molecular formula is C24H31NO2S. The van der Waals surface area contributed by atoms with E-state index in [2.05, 4.69) is 50.6 Å². The number of nitrogens with one attached hydrogen (secondary N) is 1. The molecule has 3 rings (SSSR count). The van der Waals surface area contributed by atoms with Crippen LogP contribution in [0.3, 0.4) is 0 Å². The molecule has 0 radical (unpaired) electrons. The fourth-order valence-electron chi connectivity index (χ4n) is 3.97. The molecule has 0 spiro atoms. The first-order chi connectivity index (χ1) is 13.2. The third-order valence-electron chi connectivity index (χ3n) is 5.86. The Kier molecular flexibility index (Phi) is 6.11. The lowest BCUT2D eigenvalue weighted by molar-refractivity contribution is 0.573. The maximum absolute atomic E-state index is 12.4. The first kappa shape index (κ1) is 20.8. The monoisotopic (exact) mass is 397 g/mol. The van der Waals surface area contributed by atoms with Crippen LogP contribution < -0.4 is 4.72 Å². The molecule has 0 amide bonds. The molecule has 1 fully saturated rings. The van der Waals surface area contributed by atoms with Crippen LogP contribution in [0.5, 0.6) is 0 Å². The standard InChI is InChI=1S/C24H31NO2S/c1-16-6-8-23(9-7-16)28(26,27)25-11-10-21-15-24(21)20(5)19(4)22-13-17(2)12-18(3)14-22/h6-9,12-14,21,24-25H,10-11,15H2,1-5H3/b20-19+. The Balaban J connectivity index is 1.57. The highest BCUT2D eigenvalue weighted by atomic mass is 32.2. The van der Waals surface area contributed by atoms with Crippen molar-refractivity contribution in [2.24, 2.45) is 11.8 Å². The van der Waals surface area contributed by atoms with E-state index < -0.39 is 10.0 Å². The van der Waals surface area contributed by atoms with Crippen LogP contribution in [-0.4, -0.2) is 15.0 Å². The van der Waals surface area contributed by atoms with Crippen LogP contribution in [0.25, 0.3) is 5.57 Å². The molecule has 150 valence electrons. The second-order valence-electron chi connectivity index (χ2n) is 8.29. The van der Waals surface area contributed by atoms with Crippen molar-refractivity contribution in [3.8, 4) is 0 Å². The first-order valence-electron chi connectivity index (χ1n) is 10.00. The highest BCUT2D eigenvalue weighted by Gasteiger charge is 2.38. The van der Waals surface area contributed by atoms with Crippen molar-refractivity contribution >= 4 is 15.6 Å². The van der Waals surface area contributed by atoms with Crippen LogP contribution >= 0.6 is 0 Å². The third-order valence-corrected chi connectivity index (χ3v) is 7.34. The second kappa shape index (κ2) is 8.22. The molecule has 0 heterocycles. The Bertz CT molecular complexity index is 968. The van der Waals surface area contributed by atoms with Crippen LogP contribution in [0.4, 0.5) is 0 Å². The van der Waals surface area contributed by atoms with Crippen LogP contribution in [0.1, 0.15) is 48.9 Å². The molecule has 2 aromatic rings. The predicted molar refractivity (Wildman–Crippen MR) is 117 cm³/mol. The molecule has 1 N–H and O–H groups in total. The summed E-state index contributed by atoms with van der Waals surface area (Å²) in [6.45, 7) is 11.2. The van der Waals surface area contributed by atoms with Crippen LogP contribution in [0.2, 0.25) is 0 Å². The summed E-state index contributed by atoms with van der Waals surface area (Å²) < 4.78 is 27.6. The van der Waals surface area contributed by atoms with Gasteiger partial charge in [-0.15, -0.1) is 0 Å². The van der Waals surface area contributed by atoms with E-state index >= 15 is 0 Å². The number of benzene rings is 2. The first-order valence-corrected chi connectivity index (χ1v) is 11.5. The van der Waals surface area contributed by atoms with Gasteiger partial charge in [0.2, 0.25) is 10.0 Å². The van der Waals surface area contributed by atoms with Gasteiger partial charge < -0.3 is 0 Å². The van der Waals surface area contributed by atoms with Gasteiger partial charge in [0.15, 0.2) is 0 Å². The van der Waals surface area contributed by atoms with E-state index in [1.165, 1.54) is 27.8 Å². The highest BCUT2D eigenvalue weighted by Crippen LogP contribution is 2.48. The average molecular weight is 398 g/mol. The maximum atomic E-state index is 12.4. The Labute approximate surface area is 169 Å². The Morgan fingerprint density at radius 1 is 0.964 bits per heavy atom. The summed E-state index contributed by atoms with van der Waals surface area (Å²) in [5.41, 5.74) is 7.75. The van der Waals surface area contributed by atoms with Gasteiger partial charge in [0.1, 0.15) is 0 Å².